The molecule has 230 valence electrons. The van der Waals surface area contributed by atoms with Crippen molar-refractivity contribution in [3.05, 3.63) is 114 Å². The van der Waals surface area contributed by atoms with Crippen LogP contribution in [0.1, 0.15) is 45.2 Å². The lowest BCUT2D eigenvalue weighted by atomic mass is 10.0. The fourth-order valence-corrected chi connectivity index (χ4v) is 5.14. The van der Waals surface area contributed by atoms with Crippen LogP contribution in [-0.4, -0.2) is 70.0 Å². The number of pyridine rings is 2. The number of benzene rings is 2. The van der Waals surface area contributed by atoms with Crippen molar-refractivity contribution in [1.82, 2.24) is 20.2 Å². The molecule has 0 spiro atoms. The minimum absolute atomic E-state index is 0.0953. The normalized spacial score (nSPS) is 13.7. The fourth-order valence-electron chi connectivity index (χ4n) is 5.14. The van der Waals surface area contributed by atoms with Crippen molar-refractivity contribution in [3.63, 3.8) is 0 Å². The summed E-state index contributed by atoms with van der Waals surface area (Å²) in [5, 5.41) is 17.9. The Morgan fingerprint density at radius 2 is 1.58 bits per heavy atom. The number of urea groups is 1. The van der Waals surface area contributed by atoms with Crippen LogP contribution in [0, 0.1) is 0 Å². The van der Waals surface area contributed by atoms with Crippen molar-refractivity contribution in [1.29, 1.82) is 0 Å². The van der Waals surface area contributed by atoms with E-state index in [1.54, 1.807) is 90.2 Å². The van der Waals surface area contributed by atoms with E-state index in [2.05, 4.69) is 30.8 Å². The lowest BCUT2D eigenvalue weighted by molar-refractivity contribution is -0.137. The molecule has 0 saturated carbocycles. The number of anilines is 3. The quantitative estimate of drug-likeness (QED) is 0.218. The number of rotatable bonds is 9. The fraction of sp³-hybridized carbons (Fsp3) is 0.212. The molecular formula is C33H33N7O5. The van der Waals surface area contributed by atoms with Crippen molar-refractivity contribution in [2.75, 3.05) is 41.7 Å². The first-order valence-electron chi connectivity index (χ1n) is 14.5. The second kappa shape index (κ2) is 14.6. The minimum atomic E-state index is -1.07. The van der Waals surface area contributed by atoms with Crippen molar-refractivity contribution >= 4 is 40.9 Å². The van der Waals surface area contributed by atoms with Gasteiger partial charge >= 0.3 is 12.0 Å². The van der Waals surface area contributed by atoms with Gasteiger partial charge in [0.2, 0.25) is 0 Å². The Morgan fingerprint density at radius 1 is 0.800 bits per heavy atom. The van der Waals surface area contributed by atoms with Gasteiger partial charge < -0.3 is 30.9 Å². The van der Waals surface area contributed by atoms with E-state index in [1.165, 1.54) is 6.20 Å². The highest BCUT2D eigenvalue weighted by molar-refractivity contribution is 6.04. The van der Waals surface area contributed by atoms with Crippen LogP contribution in [-0.2, 0) is 4.79 Å². The van der Waals surface area contributed by atoms with Gasteiger partial charge in [0.1, 0.15) is 0 Å². The van der Waals surface area contributed by atoms with Gasteiger partial charge in [-0.2, -0.15) is 0 Å². The van der Waals surface area contributed by atoms with E-state index < -0.39 is 23.9 Å². The molecular weight excluding hydrogens is 574 g/mol. The SMILES string of the molecule is O=C(O)CC(NC(=O)c1ccc(N2CCCN(C(=O)c3cccnc3)CC2)c(NC(=O)Nc2ccccc2)c1)c1cccnc1. The molecule has 0 bridgehead atoms. The number of aromatic nitrogens is 2. The molecule has 5 rings (SSSR count). The molecule has 0 aliphatic carbocycles. The van der Waals surface area contributed by atoms with Gasteiger partial charge in [0.15, 0.2) is 0 Å². The van der Waals surface area contributed by atoms with E-state index in [0.717, 1.165) is 0 Å². The molecule has 1 aliphatic rings. The summed E-state index contributed by atoms with van der Waals surface area (Å²) in [6, 6.07) is 19.5. The second-order valence-corrected chi connectivity index (χ2v) is 10.5. The van der Waals surface area contributed by atoms with E-state index in [9.17, 15) is 24.3 Å². The summed E-state index contributed by atoms with van der Waals surface area (Å²) in [4.78, 5) is 63.1. The Labute approximate surface area is 260 Å². The molecule has 2 aromatic carbocycles. The summed E-state index contributed by atoms with van der Waals surface area (Å²) in [7, 11) is 0. The summed E-state index contributed by atoms with van der Waals surface area (Å²) in [6.45, 7) is 2.11. The Morgan fingerprint density at radius 3 is 2.29 bits per heavy atom. The van der Waals surface area contributed by atoms with Crippen LogP contribution >= 0.6 is 0 Å². The van der Waals surface area contributed by atoms with Crippen LogP contribution in [0.5, 0.6) is 0 Å². The number of nitrogens with one attached hydrogen (secondary N) is 3. The first-order chi connectivity index (χ1) is 21.9. The van der Waals surface area contributed by atoms with E-state index in [4.69, 9.17) is 0 Å². The largest absolute Gasteiger partial charge is 0.481 e. The molecule has 1 aliphatic heterocycles. The zero-order chi connectivity index (χ0) is 31.6. The molecule has 12 nitrogen and oxygen atoms in total. The number of carbonyl (C=O) groups excluding carboxylic acids is 3. The Bertz CT molecular complexity index is 1640. The Balaban J connectivity index is 1.38. The van der Waals surface area contributed by atoms with Crippen LogP contribution in [0.25, 0.3) is 0 Å². The molecule has 12 heteroatoms. The van der Waals surface area contributed by atoms with E-state index in [1.807, 2.05) is 6.07 Å². The number of para-hydroxylation sites is 1. The zero-order valence-corrected chi connectivity index (χ0v) is 24.4. The van der Waals surface area contributed by atoms with Gasteiger partial charge in [0.25, 0.3) is 11.8 Å². The van der Waals surface area contributed by atoms with Gasteiger partial charge in [-0.25, -0.2) is 4.79 Å². The summed E-state index contributed by atoms with van der Waals surface area (Å²) < 4.78 is 0. The van der Waals surface area contributed by atoms with Crippen LogP contribution in [0.4, 0.5) is 21.9 Å². The summed E-state index contributed by atoms with van der Waals surface area (Å²) in [5.74, 6) is -1.67. The van der Waals surface area contributed by atoms with Crippen LogP contribution < -0.4 is 20.9 Å². The second-order valence-electron chi connectivity index (χ2n) is 10.5. The Kier molecular flexibility index (Phi) is 9.95. The molecule has 4 amide bonds. The van der Waals surface area contributed by atoms with Gasteiger partial charge in [0.05, 0.1) is 29.4 Å². The summed E-state index contributed by atoms with van der Waals surface area (Å²) in [6.07, 6.45) is 6.61. The van der Waals surface area contributed by atoms with Gasteiger partial charge in [-0.05, 0) is 60.5 Å². The highest BCUT2D eigenvalue weighted by atomic mass is 16.4. The number of carboxylic acid groups (broad SMARTS) is 1. The topological polar surface area (TPSA) is 157 Å². The smallest absolute Gasteiger partial charge is 0.323 e. The number of nitrogens with zero attached hydrogens (tertiary/aromatic N) is 4. The first-order valence-corrected chi connectivity index (χ1v) is 14.5. The highest BCUT2D eigenvalue weighted by Crippen LogP contribution is 2.29. The Hall–Kier alpha value is -5.78. The third-order valence-corrected chi connectivity index (χ3v) is 7.34. The molecule has 2 aromatic heterocycles. The average Bonchev–Trinajstić information content (AvgIpc) is 3.31. The molecule has 1 saturated heterocycles. The van der Waals surface area contributed by atoms with E-state index >= 15 is 0 Å². The van der Waals surface area contributed by atoms with E-state index in [0.29, 0.717) is 60.8 Å². The predicted molar refractivity (Wildman–Crippen MR) is 169 cm³/mol. The van der Waals surface area contributed by atoms with Crippen LogP contribution in [0.2, 0.25) is 0 Å². The lowest BCUT2D eigenvalue weighted by Gasteiger charge is -2.27. The van der Waals surface area contributed by atoms with Gasteiger partial charge in [-0.1, -0.05) is 24.3 Å². The summed E-state index contributed by atoms with van der Waals surface area (Å²) in [5.41, 5.74) is 2.97. The number of hydrogen-bond donors (Lipinski definition) is 4. The molecule has 0 radical (unpaired) electrons. The molecule has 4 aromatic rings. The molecule has 45 heavy (non-hydrogen) atoms. The first kappa shape index (κ1) is 30.7. The van der Waals surface area contributed by atoms with Gasteiger partial charge in [0, 0.05) is 62.2 Å². The standard InChI is InChI=1S/C33H33N7O5/c41-30(42)20-27(24-7-4-13-34-21-24)37-31(43)23-11-12-29(28(19-23)38-33(45)36-26-9-2-1-3-10-26)39-15-6-16-40(18-17-39)32(44)25-8-5-14-35-22-25/h1-5,7-14,19,21-22,27H,6,15-18,20H2,(H,37,43)(H,41,42)(H2,36,38,45). The average molecular weight is 608 g/mol. The molecule has 1 atom stereocenters. The van der Waals surface area contributed by atoms with Crippen molar-refractivity contribution < 1.29 is 24.3 Å². The third-order valence-electron chi connectivity index (χ3n) is 7.34. The number of hydrogen-bond acceptors (Lipinski definition) is 7. The number of carbonyl (C=O) groups is 4. The monoisotopic (exact) mass is 607 g/mol. The maximum atomic E-state index is 13.4. The van der Waals surface area contributed by atoms with Crippen LogP contribution in [0.15, 0.2) is 97.6 Å². The highest BCUT2D eigenvalue weighted by Gasteiger charge is 2.24. The zero-order valence-electron chi connectivity index (χ0n) is 24.4. The minimum Gasteiger partial charge on any atom is -0.481 e. The number of amides is 4. The molecule has 1 unspecified atom stereocenters. The maximum Gasteiger partial charge on any atom is 0.323 e. The van der Waals surface area contributed by atoms with Crippen molar-refractivity contribution in [3.8, 4) is 0 Å². The maximum absolute atomic E-state index is 13.4. The van der Waals surface area contributed by atoms with Crippen LogP contribution in [0.3, 0.4) is 0 Å². The number of aliphatic carboxylic acids is 1. The molecule has 1 fully saturated rings. The summed E-state index contributed by atoms with van der Waals surface area (Å²) >= 11 is 0. The number of carboxylic acids is 1. The van der Waals surface area contributed by atoms with Crippen molar-refractivity contribution in [2.45, 2.75) is 18.9 Å². The van der Waals surface area contributed by atoms with Gasteiger partial charge in [-0.3, -0.25) is 24.4 Å². The third kappa shape index (κ3) is 8.20. The van der Waals surface area contributed by atoms with Gasteiger partial charge in [-0.15, -0.1) is 0 Å². The molecule has 3 heterocycles. The lowest BCUT2D eigenvalue weighted by Crippen LogP contribution is -2.35. The predicted octanol–water partition coefficient (Wildman–Crippen LogP) is 4.42. The van der Waals surface area contributed by atoms with E-state index in [-0.39, 0.29) is 17.9 Å². The van der Waals surface area contributed by atoms with Crippen molar-refractivity contribution in [2.24, 2.45) is 0 Å². The molecule has 4 N–H and O–H groups in total.